The molecular formula is C13H17F3N4O. The largest absolute Gasteiger partial charge is 0.435 e. The van der Waals surface area contributed by atoms with Crippen LogP contribution >= 0.6 is 0 Å². The monoisotopic (exact) mass is 302 g/mol. The molecule has 0 aromatic carbocycles. The Hall–Kier alpha value is -1.83. The van der Waals surface area contributed by atoms with Crippen LogP contribution in [-0.2, 0) is 6.18 Å². The molecule has 1 atom stereocenters. The molecule has 0 aliphatic heterocycles. The molecule has 0 saturated carbocycles. The van der Waals surface area contributed by atoms with Gasteiger partial charge in [0.05, 0.1) is 0 Å². The highest BCUT2D eigenvalue weighted by molar-refractivity contribution is 5.68. The average Bonchev–Trinajstić information content (AvgIpc) is 2.83. The molecule has 2 N–H and O–H groups in total. The number of halogens is 3. The molecule has 0 fully saturated rings. The molecule has 0 amide bonds. The van der Waals surface area contributed by atoms with Gasteiger partial charge in [-0.25, -0.2) is 9.50 Å². The lowest BCUT2D eigenvalue weighted by molar-refractivity contribution is -0.141. The van der Waals surface area contributed by atoms with Crippen LogP contribution in [0.2, 0.25) is 0 Å². The highest BCUT2D eigenvalue weighted by Gasteiger charge is 2.34. The van der Waals surface area contributed by atoms with Crippen LogP contribution in [0.25, 0.3) is 5.52 Å². The molecule has 2 aromatic heterocycles. The zero-order valence-electron chi connectivity index (χ0n) is 11.7. The van der Waals surface area contributed by atoms with E-state index in [4.69, 9.17) is 5.11 Å². The highest BCUT2D eigenvalue weighted by atomic mass is 19.4. The summed E-state index contributed by atoms with van der Waals surface area (Å²) in [5, 5.41) is 15.7. The molecule has 116 valence electrons. The van der Waals surface area contributed by atoms with Gasteiger partial charge in [-0.15, -0.1) is 0 Å². The Kier molecular flexibility index (Phi) is 4.36. The van der Waals surface area contributed by atoms with Crippen molar-refractivity contribution in [2.24, 2.45) is 5.92 Å². The third-order valence-electron chi connectivity index (χ3n) is 3.25. The van der Waals surface area contributed by atoms with Crippen LogP contribution in [0.5, 0.6) is 0 Å². The predicted octanol–water partition coefficient (Wildman–Crippen LogP) is 2.57. The zero-order chi connectivity index (χ0) is 15.6. The molecule has 0 aliphatic rings. The second-order valence-electron chi connectivity index (χ2n) is 5.14. The van der Waals surface area contributed by atoms with Crippen molar-refractivity contribution in [3.05, 3.63) is 24.2 Å². The van der Waals surface area contributed by atoms with Crippen molar-refractivity contribution in [1.82, 2.24) is 14.6 Å². The molecule has 8 heteroatoms. The molecular weight excluding hydrogens is 285 g/mol. The standard InChI is InChI=1S/C13H17F3N4O/c1-8(2)9(3-6-21)18-12-10-7-11(13(14,15)16)19-20(10)5-4-17-12/h4-5,7-9,21H,3,6H2,1-2H3,(H,17,18). The smallest absolute Gasteiger partial charge is 0.396 e. The van der Waals surface area contributed by atoms with E-state index < -0.39 is 11.9 Å². The van der Waals surface area contributed by atoms with E-state index >= 15 is 0 Å². The van der Waals surface area contributed by atoms with Crippen molar-refractivity contribution in [2.45, 2.75) is 32.5 Å². The van der Waals surface area contributed by atoms with E-state index in [1.54, 1.807) is 0 Å². The quantitative estimate of drug-likeness (QED) is 0.891. The van der Waals surface area contributed by atoms with Gasteiger partial charge in [-0.05, 0) is 12.3 Å². The van der Waals surface area contributed by atoms with Crippen molar-refractivity contribution in [2.75, 3.05) is 11.9 Å². The van der Waals surface area contributed by atoms with Crippen molar-refractivity contribution in [3.63, 3.8) is 0 Å². The third kappa shape index (κ3) is 3.44. The van der Waals surface area contributed by atoms with Crippen LogP contribution in [0, 0.1) is 5.92 Å². The van der Waals surface area contributed by atoms with E-state index in [0.29, 0.717) is 12.2 Å². The van der Waals surface area contributed by atoms with E-state index in [1.165, 1.54) is 12.4 Å². The number of hydrogen-bond donors (Lipinski definition) is 2. The maximum absolute atomic E-state index is 12.7. The van der Waals surface area contributed by atoms with Gasteiger partial charge in [0.1, 0.15) is 5.52 Å². The normalized spacial score (nSPS) is 13.9. The lowest BCUT2D eigenvalue weighted by atomic mass is 10.0. The molecule has 21 heavy (non-hydrogen) atoms. The topological polar surface area (TPSA) is 62.5 Å². The SMILES string of the molecule is CC(C)C(CCO)Nc1nccn2nc(C(F)(F)F)cc12. The Balaban J connectivity index is 2.37. The van der Waals surface area contributed by atoms with Crippen LogP contribution in [0.1, 0.15) is 26.0 Å². The summed E-state index contributed by atoms with van der Waals surface area (Å²) >= 11 is 0. The minimum Gasteiger partial charge on any atom is -0.396 e. The minimum atomic E-state index is -4.49. The number of aliphatic hydroxyl groups excluding tert-OH is 1. The summed E-state index contributed by atoms with van der Waals surface area (Å²) in [6.07, 6.45) is -1.25. The number of aliphatic hydroxyl groups is 1. The first-order chi connectivity index (χ1) is 9.82. The fourth-order valence-corrected chi connectivity index (χ4v) is 2.06. The fourth-order valence-electron chi connectivity index (χ4n) is 2.06. The summed E-state index contributed by atoms with van der Waals surface area (Å²) < 4.78 is 39.3. The van der Waals surface area contributed by atoms with Crippen molar-refractivity contribution in [1.29, 1.82) is 0 Å². The van der Waals surface area contributed by atoms with Crippen LogP contribution in [-0.4, -0.2) is 32.4 Å². The highest BCUT2D eigenvalue weighted by Crippen LogP contribution is 2.30. The van der Waals surface area contributed by atoms with E-state index in [2.05, 4.69) is 15.4 Å². The van der Waals surface area contributed by atoms with E-state index in [-0.39, 0.29) is 24.1 Å². The van der Waals surface area contributed by atoms with Gasteiger partial charge >= 0.3 is 6.18 Å². The Bertz CT molecular complexity index is 609. The predicted molar refractivity (Wildman–Crippen MR) is 71.9 cm³/mol. The van der Waals surface area contributed by atoms with Gasteiger partial charge in [0, 0.05) is 31.1 Å². The molecule has 0 spiro atoms. The number of alkyl halides is 3. The summed E-state index contributed by atoms with van der Waals surface area (Å²) in [5.41, 5.74) is -0.699. The Morgan fingerprint density at radius 1 is 1.38 bits per heavy atom. The summed E-state index contributed by atoms with van der Waals surface area (Å²) in [4.78, 5) is 4.09. The number of anilines is 1. The molecule has 2 heterocycles. The lowest BCUT2D eigenvalue weighted by Gasteiger charge is -2.22. The molecule has 2 rings (SSSR count). The van der Waals surface area contributed by atoms with Crippen molar-refractivity contribution >= 4 is 11.3 Å². The molecule has 0 bridgehead atoms. The Morgan fingerprint density at radius 3 is 2.67 bits per heavy atom. The maximum atomic E-state index is 12.7. The molecule has 2 aromatic rings. The van der Waals surface area contributed by atoms with E-state index in [1.807, 2.05) is 13.8 Å². The third-order valence-corrected chi connectivity index (χ3v) is 3.25. The van der Waals surface area contributed by atoms with Gasteiger partial charge in [0.15, 0.2) is 11.5 Å². The molecule has 0 aliphatic carbocycles. The minimum absolute atomic E-state index is 0.00791. The van der Waals surface area contributed by atoms with Gasteiger partial charge in [0.25, 0.3) is 0 Å². The van der Waals surface area contributed by atoms with E-state index in [9.17, 15) is 13.2 Å². The number of hydrogen-bond acceptors (Lipinski definition) is 4. The molecule has 0 saturated heterocycles. The van der Waals surface area contributed by atoms with Crippen molar-refractivity contribution in [3.8, 4) is 0 Å². The average molecular weight is 302 g/mol. The molecule has 0 radical (unpaired) electrons. The first kappa shape index (κ1) is 15.6. The summed E-state index contributed by atoms with van der Waals surface area (Å²) in [5.74, 6) is 0.525. The summed E-state index contributed by atoms with van der Waals surface area (Å²) in [7, 11) is 0. The first-order valence-electron chi connectivity index (χ1n) is 6.62. The van der Waals surface area contributed by atoms with Gasteiger partial charge in [-0.2, -0.15) is 18.3 Å². The number of aromatic nitrogens is 3. The number of nitrogens with one attached hydrogen (secondary N) is 1. The Morgan fingerprint density at radius 2 is 2.10 bits per heavy atom. The van der Waals surface area contributed by atoms with Gasteiger partial charge in [0.2, 0.25) is 0 Å². The van der Waals surface area contributed by atoms with Crippen LogP contribution in [0.15, 0.2) is 18.5 Å². The maximum Gasteiger partial charge on any atom is 0.435 e. The van der Waals surface area contributed by atoms with Crippen molar-refractivity contribution < 1.29 is 18.3 Å². The molecule has 5 nitrogen and oxygen atoms in total. The number of rotatable bonds is 5. The van der Waals surface area contributed by atoms with Gasteiger partial charge in [-0.3, -0.25) is 0 Å². The number of fused-ring (bicyclic) bond motifs is 1. The first-order valence-corrected chi connectivity index (χ1v) is 6.62. The zero-order valence-corrected chi connectivity index (χ0v) is 11.7. The van der Waals surface area contributed by atoms with Crippen LogP contribution in [0.4, 0.5) is 19.0 Å². The van der Waals surface area contributed by atoms with Crippen LogP contribution < -0.4 is 5.32 Å². The lowest BCUT2D eigenvalue weighted by Crippen LogP contribution is -2.27. The summed E-state index contributed by atoms with van der Waals surface area (Å²) in [6, 6.07) is 0.879. The van der Waals surface area contributed by atoms with Gasteiger partial charge in [-0.1, -0.05) is 13.8 Å². The Labute approximate surface area is 119 Å². The number of nitrogens with zero attached hydrogens (tertiary/aromatic N) is 3. The summed E-state index contributed by atoms with van der Waals surface area (Å²) in [6.45, 7) is 3.92. The van der Waals surface area contributed by atoms with Crippen LogP contribution in [0.3, 0.4) is 0 Å². The second kappa shape index (κ2) is 5.88. The van der Waals surface area contributed by atoms with Gasteiger partial charge < -0.3 is 10.4 Å². The second-order valence-corrected chi connectivity index (χ2v) is 5.14. The fraction of sp³-hybridized carbons (Fsp3) is 0.538. The molecule has 1 unspecified atom stereocenters. The van der Waals surface area contributed by atoms with E-state index in [0.717, 1.165) is 10.6 Å².